The molecule has 22 heavy (non-hydrogen) atoms. The summed E-state index contributed by atoms with van der Waals surface area (Å²) in [6.07, 6.45) is -4.62. The third kappa shape index (κ3) is 3.83. The summed E-state index contributed by atoms with van der Waals surface area (Å²) in [5, 5.41) is 11.9. The molecule has 5 nitrogen and oxygen atoms in total. The standard InChI is InChI=1S/C14H15F3N2O3/c15-14(16,17)10-2-1-9(8-19-5-3-18-4-6-19)11(7-10)12(20)13(21)22/h1-2,7,18H,3-6,8H2,(H,21,22). The summed E-state index contributed by atoms with van der Waals surface area (Å²) < 4.78 is 38.2. The third-order valence-corrected chi connectivity index (χ3v) is 3.48. The van der Waals surface area contributed by atoms with Gasteiger partial charge in [0, 0.05) is 38.3 Å². The van der Waals surface area contributed by atoms with Crippen molar-refractivity contribution < 1.29 is 27.9 Å². The topological polar surface area (TPSA) is 69.6 Å². The van der Waals surface area contributed by atoms with E-state index in [1.165, 1.54) is 6.07 Å². The van der Waals surface area contributed by atoms with E-state index in [1.807, 2.05) is 4.90 Å². The molecule has 0 unspecified atom stereocenters. The molecule has 0 saturated carbocycles. The van der Waals surface area contributed by atoms with Crippen LogP contribution >= 0.6 is 0 Å². The van der Waals surface area contributed by atoms with Gasteiger partial charge in [0.2, 0.25) is 0 Å². The van der Waals surface area contributed by atoms with Crippen LogP contribution in [0.2, 0.25) is 0 Å². The largest absolute Gasteiger partial charge is 0.475 e. The molecule has 0 atom stereocenters. The maximum atomic E-state index is 12.7. The summed E-state index contributed by atoms with van der Waals surface area (Å²) in [4.78, 5) is 24.5. The summed E-state index contributed by atoms with van der Waals surface area (Å²) in [6, 6.07) is 2.67. The first-order valence-corrected chi connectivity index (χ1v) is 6.70. The maximum Gasteiger partial charge on any atom is 0.416 e. The van der Waals surface area contributed by atoms with Crippen molar-refractivity contribution in [1.82, 2.24) is 10.2 Å². The molecule has 0 radical (unpaired) electrons. The van der Waals surface area contributed by atoms with Crippen LogP contribution in [0.3, 0.4) is 0 Å². The van der Waals surface area contributed by atoms with Gasteiger partial charge in [-0.3, -0.25) is 9.69 Å². The van der Waals surface area contributed by atoms with Gasteiger partial charge in [-0.25, -0.2) is 4.79 Å². The molecule has 1 aromatic carbocycles. The van der Waals surface area contributed by atoms with Crippen LogP contribution in [-0.4, -0.2) is 47.9 Å². The highest BCUT2D eigenvalue weighted by atomic mass is 19.4. The van der Waals surface area contributed by atoms with E-state index in [-0.39, 0.29) is 6.54 Å². The molecule has 8 heteroatoms. The summed E-state index contributed by atoms with van der Waals surface area (Å²) >= 11 is 0. The van der Waals surface area contributed by atoms with Crippen molar-refractivity contribution >= 4 is 11.8 Å². The van der Waals surface area contributed by atoms with Crippen molar-refractivity contribution in [3.63, 3.8) is 0 Å². The van der Waals surface area contributed by atoms with Crippen LogP contribution < -0.4 is 5.32 Å². The molecule has 1 aromatic rings. The second-order valence-corrected chi connectivity index (χ2v) is 5.03. The first-order chi connectivity index (χ1) is 10.3. The molecule has 0 aliphatic carbocycles. The molecule has 2 N–H and O–H groups in total. The van der Waals surface area contributed by atoms with Crippen molar-refractivity contribution in [3.8, 4) is 0 Å². The Labute approximate surface area is 124 Å². The van der Waals surface area contributed by atoms with Crippen molar-refractivity contribution in [2.45, 2.75) is 12.7 Å². The van der Waals surface area contributed by atoms with Gasteiger partial charge in [0.1, 0.15) is 0 Å². The Morgan fingerprint density at radius 1 is 1.23 bits per heavy atom. The predicted octanol–water partition coefficient (Wildman–Crippen LogP) is 1.38. The Bertz CT molecular complexity index is 581. The number of alkyl halides is 3. The van der Waals surface area contributed by atoms with Crippen molar-refractivity contribution in [2.75, 3.05) is 26.2 Å². The Balaban J connectivity index is 2.34. The van der Waals surface area contributed by atoms with E-state index < -0.39 is 29.1 Å². The molecule has 1 fully saturated rings. The normalized spacial score (nSPS) is 16.5. The molecule has 1 heterocycles. The number of Topliss-reactive ketones (excluding diaryl/α,β-unsaturated/α-hetero) is 1. The number of carbonyl (C=O) groups is 2. The second kappa shape index (κ2) is 6.45. The number of benzene rings is 1. The van der Waals surface area contributed by atoms with Crippen LogP contribution in [0.15, 0.2) is 18.2 Å². The molecular formula is C14H15F3N2O3. The van der Waals surface area contributed by atoms with Gasteiger partial charge in [-0.1, -0.05) is 6.07 Å². The van der Waals surface area contributed by atoms with Gasteiger partial charge in [-0.2, -0.15) is 13.2 Å². The molecule has 1 aliphatic heterocycles. The average molecular weight is 316 g/mol. The number of hydrogen-bond donors (Lipinski definition) is 2. The first-order valence-electron chi connectivity index (χ1n) is 6.70. The minimum atomic E-state index is -4.62. The van der Waals surface area contributed by atoms with Crippen molar-refractivity contribution in [3.05, 3.63) is 34.9 Å². The fourth-order valence-corrected chi connectivity index (χ4v) is 2.33. The molecule has 0 bridgehead atoms. The summed E-state index contributed by atoms with van der Waals surface area (Å²) in [5.41, 5.74) is -1.13. The van der Waals surface area contributed by atoms with Gasteiger partial charge < -0.3 is 10.4 Å². The molecule has 1 saturated heterocycles. The molecular weight excluding hydrogens is 301 g/mol. The Morgan fingerprint density at radius 2 is 1.86 bits per heavy atom. The van der Waals surface area contributed by atoms with Crippen LogP contribution in [-0.2, 0) is 17.5 Å². The van der Waals surface area contributed by atoms with Crippen LogP contribution in [0.1, 0.15) is 21.5 Å². The summed E-state index contributed by atoms with van der Waals surface area (Å²) in [7, 11) is 0. The van der Waals surface area contributed by atoms with E-state index in [0.29, 0.717) is 24.7 Å². The van der Waals surface area contributed by atoms with E-state index in [0.717, 1.165) is 19.2 Å². The van der Waals surface area contributed by atoms with E-state index in [1.54, 1.807) is 0 Å². The minimum absolute atomic E-state index is 0.244. The Hall–Kier alpha value is -1.93. The van der Waals surface area contributed by atoms with Gasteiger partial charge in [0.05, 0.1) is 5.56 Å². The maximum absolute atomic E-state index is 12.7. The number of piperazine rings is 1. The fraction of sp³-hybridized carbons (Fsp3) is 0.429. The molecule has 0 aromatic heterocycles. The quantitative estimate of drug-likeness (QED) is 0.649. The van der Waals surface area contributed by atoms with Gasteiger partial charge in [0.15, 0.2) is 0 Å². The molecule has 120 valence electrons. The number of nitrogens with zero attached hydrogens (tertiary/aromatic N) is 1. The molecule has 0 spiro atoms. The number of aliphatic carboxylic acids is 1. The van der Waals surface area contributed by atoms with Gasteiger partial charge in [-0.15, -0.1) is 0 Å². The average Bonchev–Trinajstić information content (AvgIpc) is 2.46. The molecule has 2 rings (SSSR count). The minimum Gasteiger partial charge on any atom is -0.475 e. The highest BCUT2D eigenvalue weighted by molar-refractivity contribution is 6.40. The van der Waals surface area contributed by atoms with Crippen LogP contribution in [0.25, 0.3) is 0 Å². The lowest BCUT2D eigenvalue weighted by atomic mass is 9.99. The van der Waals surface area contributed by atoms with E-state index in [2.05, 4.69) is 5.32 Å². The van der Waals surface area contributed by atoms with Gasteiger partial charge in [0.25, 0.3) is 5.78 Å². The highest BCUT2D eigenvalue weighted by Crippen LogP contribution is 2.31. The zero-order chi connectivity index (χ0) is 16.3. The first kappa shape index (κ1) is 16.4. The monoisotopic (exact) mass is 316 g/mol. The number of carboxylic acids is 1. The smallest absolute Gasteiger partial charge is 0.416 e. The number of halogens is 3. The van der Waals surface area contributed by atoms with Gasteiger partial charge in [-0.05, 0) is 17.7 Å². The lowest BCUT2D eigenvalue weighted by Gasteiger charge is -2.27. The third-order valence-electron chi connectivity index (χ3n) is 3.48. The number of ketones is 1. The summed E-state index contributed by atoms with van der Waals surface area (Å²) in [5.74, 6) is -3.09. The van der Waals surface area contributed by atoms with E-state index >= 15 is 0 Å². The number of nitrogens with one attached hydrogen (secondary N) is 1. The highest BCUT2D eigenvalue weighted by Gasteiger charge is 2.32. The lowest BCUT2D eigenvalue weighted by Crippen LogP contribution is -2.43. The number of carbonyl (C=O) groups excluding carboxylic acids is 1. The number of carboxylic acid groups (broad SMARTS) is 1. The lowest BCUT2D eigenvalue weighted by molar-refractivity contribution is -0.137. The second-order valence-electron chi connectivity index (χ2n) is 5.03. The van der Waals surface area contributed by atoms with E-state index in [4.69, 9.17) is 5.11 Å². The van der Waals surface area contributed by atoms with E-state index in [9.17, 15) is 22.8 Å². The van der Waals surface area contributed by atoms with Crippen LogP contribution in [0.4, 0.5) is 13.2 Å². The van der Waals surface area contributed by atoms with Crippen LogP contribution in [0, 0.1) is 0 Å². The zero-order valence-electron chi connectivity index (χ0n) is 11.6. The SMILES string of the molecule is O=C(O)C(=O)c1cc(C(F)(F)F)ccc1CN1CCNCC1. The Kier molecular flexibility index (Phi) is 4.82. The van der Waals surface area contributed by atoms with Crippen molar-refractivity contribution in [2.24, 2.45) is 0 Å². The van der Waals surface area contributed by atoms with Gasteiger partial charge >= 0.3 is 12.1 Å². The fourth-order valence-electron chi connectivity index (χ4n) is 2.33. The number of hydrogen-bond acceptors (Lipinski definition) is 4. The molecule has 0 amide bonds. The zero-order valence-corrected chi connectivity index (χ0v) is 11.6. The molecule has 1 aliphatic rings. The summed E-state index contributed by atoms with van der Waals surface area (Å²) in [6.45, 7) is 3.09. The van der Waals surface area contributed by atoms with Crippen LogP contribution in [0.5, 0.6) is 0 Å². The Morgan fingerprint density at radius 3 is 2.41 bits per heavy atom. The predicted molar refractivity (Wildman–Crippen MR) is 71.6 cm³/mol. The van der Waals surface area contributed by atoms with Crippen molar-refractivity contribution in [1.29, 1.82) is 0 Å². The number of rotatable bonds is 4.